The molecule has 0 unspecified atom stereocenters. The fourth-order valence-corrected chi connectivity index (χ4v) is 3.12. The predicted molar refractivity (Wildman–Crippen MR) is 97.6 cm³/mol. The molecule has 0 aliphatic carbocycles. The van der Waals surface area contributed by atoms with E-state index in [1.807, 2.05) is 30.3 Å². The second kappa shape index (κ2) is 8.62. The van der Waals surface area contributed by atoms with Gasteiger partial charge in [0.15, 0.2) is 0 Å². The number of likely N-dealkylation sites (tertiary alicyclic amines) is 1. The summed E-state index contributed by atoms with van der Waals surface area (Å²) < 4.78 is 5.69. The van der Waals surface area contributed by atoms with Crippen molar-refractivity contribution in [1.82, 2.24) is 15.2 Å². The third kappa shape index (κ3) is 5.29. The highest BCUT2D eigenvalue weighted by molar-refractivity contribution is 5.94. The van der Waals surface area contributed by atoms with Crippen LogP contribution < -0.4 is 10.1 Å². The molecular formula is C20H25N3O2. The van der Waals surface area contributed by atoms with Crippen molar-refractivity contribution in [3.63, 3.8) is 0 Å². The van der Waals surface area contributed by atoms with Crippen molar-refractivity contribution in [2.45, 2.75) is 19.4 Å². The summed E-state index contributed by atoms with van der Waals surface area (Å²) in [6.45, 7) is 3.37. The van der Waals surface area contributed by atoms with Crippen molar-refractivity contribution in [2.75, 3.05) is 26.7 Å². The van der Waals surface area contributed by atoms with E-state index >= 15 is 0 Å². The van der Waals surface area contributed by atoms with Crippen LogP contribution in [0.5, 0.6) is 5.75 Å². The number of aromatic nitrogens is 1. The molecule has 0 spiro atoms. The van der Waals surface area contributed by atoms with Gasteiger partial charge in [0.1, 0.15) is 12.4 Å². The molecule has 1 aromatic heterocycles. The Morgan fingerprint density at radius 2 is 2.12 bits per heavy atom. The van der Waals surface area contributed by atoms with Crippen LogP contribution in [0.25, 0.3) is 0 Å². The molecule has 1 saturated heterocycles. The minimum Gasteiger partial charge on any atom is -0.487 e. The molecule has 3 rings (SSSR count). The van der Waals surface area contributed by atoms with Crippen molar-refractivity contribution in [1.29, 1.82) is 0 Å². The van der Waals surface area contributed by atoms with Crippen molar-refractivity contribution < 1.29 is 9.53 Å². The number of pyridine rings is 1. The van der Waals surface area contributed by atoms with Crippen LogP contribution in [0.1, 0.15) is 28.9 Å². The Morgan fingerprint density at radius 1 is 1.28 bits per heavy atom. The number of amides is 1. The second-order valence-corrected chi connectivity index (χ2v) is 6.61. The fourth-order valence-electron chi connectivity index (χ4n) is 3.12. The van der Waals surface area contributed by atoms with Gasteiger partial charge in [0.2, 0.25) is 0 Å². The smallest absolute Gasteiger partial charge is 0.251 e. The molecule has 0 bridgehead atoms. The Bertz CT molecular complexity index is 673. The molecule has 5 heteroatoms. The molecule has 1 aliphatic heterocycles. The summed E-state index contributed by atoms with van der Waals surface area (Å²) in [5.74, 6) is 1.25. The molecule has 2 heterocycles. The molecule has 1 fully saturated rings. The zero-order valence-corrected chi connectivity index (χ0v) is 14.6. The van der Waals surface area contributed by atoms with E-state index in [0.29, 0.717) is 18.1 Å². The van der Waals surface area contributed by atoms with Crippen LogP contribution in [0.2, 0.25) is 0 Å². The summed E-state index contributed by atoms with van der Waals surface area (Å²) >= 11 is 0. The van der Waals surface area contributed by atoms with Crippen LogP contribution >= 0.6 is 0 Å². The standard InChI is InChI=1S/C20H25N3O2/c1-23-12-4-5-16(14-23)13-22-20(24)17-7-9-19(10-8-17)25-15-18-6-2-3-11-21-18/h2-3,6-11,16H,4-5,12-15H2,1H3,(H,22,24)/t16-/m0/s1. The summed E-state index contributed by atoms with van der Waals surface area (Å²) in [6, 6.07) is 13.0. The summed E-state index contributed by atoms with van der Waals surface area (Å²) in [7, 11) is 2.14. The van der Waals surface area contributed by atoms with Crippen LogP contribution in [0.4, 0.5) is 0 Å². The third-order valence-electron chi connectivity index (χ3n) is 4.50. The van der Waals surface area contributed by atoms with E-state index < -0.39 is 0 Å². The molecule has 1 N–H and O–H groups in total. The molecule has 1 atom stereocenters. The third-order valence-corrected chi connectivity index (χ3v) is 4.50. The zero-order valence-electron chi connectivity index (χ0n) is 14.6. The first-order valence-electron chi connectivity index (χ1n) is 8.80. The number of carbonyl (C=O) groups excluding carboxylic acids is 1. The van der Waals surface area contributed by atoms with E-state index in [2.05, 4.69) is 22.2 Å². The summed E-state index contributed by atoms with van der Waals surface area (Å²) in [5.41, 5.74) is 1.54. The zero-order chi connectivity index (χ0) is 17.5. The van der Waals surface area contributed by atoms with Gasteiger partial charge in [0, 0.05) is 24.8 Å². The maximum absolute atomic E-state index is 12.3. The molecule has 2 aromatic rings. The van der Waals surface area contributed by atoms with Crippen molar-refractivity contribution >= 4 is 5.91 Å². The molecule has 1 aliphatic rings. The van der Waals surface area contributed by atoms with E-state index in [9.17, 15) is 4.79 Å². The van der Waals surface area contributed by atoms with Crippen molar-refractivity contribution in [2.24, 2.45) is 5.92 Å². The van der Waals surface area contributed by atoms with Crippen LogP contribution in [-0.4, -0.2) is 42.5 Å². The first-order chi connectivity index (χ1) is 12.2. The molecular weight excluding hydrogens is 314 g/mol. The van der Waals surface area contributed by atoms with Gasteiger partial charge >= 0.3 is 0 Å². The largest absolute Gasteiger partial charge is 0.487 e. The number of nitrogens with zero attached hydrogens (tertiary/aromatic N) is 2. The molecule has 1 aromatic carbocycles. The number of nitrogens with one attached hydrogen (secondary N) is 1. The summed E-state index contributed by atoms with van der Waals surface area (Å²) in [5, 5.41) is 3.05. The van der Waals surface area contributed by atoms with E-state index in [1.165, 1.54) is 12.8 Å². The lowest BCUT2D eigenvalue weighted by Gasteiger charge is -2.29. The predicted octanol–water partition coefficient (Wildman–Crippen LogP) is 2.73. The average molecular weight is 339 g/mol. The van der Waals surface area contributed by atoms with Gasteiger partial charge in [-0.1, -0.05) is 6.07 Å². The van der Waals surface area contributed by atoms with E-state index in [0.717, 1.165) is 31.1 Å². The Hall–Kier alpha value is -2.40. The minimum atomic E-state index is -0.0236. The number of benzene rings is 1. The summed E-state index contributed by atoms with van der Waals surface area (Å²) in [4.78, 5) is 18.8. The molecule has 25 heavy (non-hydrogen) atoms. The fraction of sp³-hybridized carbons (Fsp3) is 0.400. The normalized spacial score (nSPS) is 17.9. The number of hydrogen-bond donors (Lipinski definition) is 1. The molecule has 0 saturated carbocycles. The quantitative estimate of drug-likeness (QED) is 0.879. The first kappa shape index (κ1) is 17.4. The van der Waals surface area contributed by atoms with Gasteiger partial charge in [0.05, 0.1) is 5.69 Å². The van der Waals surface area contributed by atoms with Crippen molar-refractivity contribution in [3.8, 4) is 5.75 Å². The molecule has 0 radical (unpaired) electrons. The highest BCUT2D eigenvalue weighted by atomic mass is 16.5. The van der Waals surface area contributed by atoms with Crippen LogP contribution in [0.15, 0.2) is 48.7 Å². The maximum atomic E-state index is 12.3. The van der Waals surface area contributed by atoms with Crippen LogP contribution in [0.3, 0.4) is 0 Å². The van der Waals surface area contributed by atoms with Gasteiger partial charge in [-0.2, -0.15) is 0 Å². The minimum absolute atomic E-state index is 0.0236. The van der Waals surface area contributed by atoms with Crippen molar-refractivity contribution in [3.05, 3.63) is 59.9 Å². The van der Waals surface area contributed by atoms with E-state index in [1.54, 1.807) is 18.3 Å². The van der Waals surface area contributed by atoms with Gasteiger partial charge < -0.3 is 15.0 Å². The topological polar surface area (TPSA) is 54.5 Å². The van der Waals surface area contributed by atoms with Gasteiger partial charge in [-0.05, 0) is 68.8 Å². The second-order valence-electron chi connectivity index (χ2n) is 6.61. The average Bonchev–Trinajstić information content (AvgIpc) is 2.66. The Balaban J connectivity index is 1.47. The van der Waals surface area contributed by atoms with E-state index in [4.69, 9.17) is 4.74 Å². The SMILES string of the molecule is CN1CCC[C@@H](CNC(=O)c2ccc(OCc3ccccn3)cc2)C1. The van der Waals surface area contributed by atoms with Gasteiger partial charge in [0.25, 0.3) is 5.91 Å². The Kier molecular flexibility index (Phi) is 6.01. The van der Waals surface area contributed by atoms with Crippen LogP contribution in [0, 0.1) is 5.92 Å². The van der Waals surface area contributed by atoms with Gasteiger partial charge in [-0.3, -0.25) is 9.78 Å². The lowest BCUT2D eigenvalue weighted by atomic mass is 9.98. The Morgan fingerprint density at radius 3 is 2.84 bits per heavy atom. The maximum Gasteiger partial charge on any atom is 0.251 e. The number of hydrogen-bond acceptors (Lipinski definition) is 4. The highest BCUT2D eigenvalue weighted by Gasteiger charge is 2.18. The van der Waals surface area contributed by atoms with E-state index in [-0.39, 0.29) is 5.91 Å². The number of piperidine rings is 1. The highest BCUT2D eigenvalue weighted by Crippen LogP contribution is 2.16. The lowest BCUT2D eigenvalue weighted by Crippen LogP contribution is -2.39. The summed E-state index contributed by atoms with van der Waals surface area (Å²) in [6.07, 6.45) is 4.14. The van der Waals surface area contributed by atoms with Gasteiger partial charge in [-0.25, -0.2) is 0 Å². The number of rotatable bonds is 6. The number of carbonyl (C=O) groups is 1. The first-order valence-corrected chi connectivity index (χ1v) is 8.80. The molecule has 1 amide bonds. The molecule has 5 nitrogen and oxygen atoms in total. The van der Waals surface area contributed by atoms with Gasteiger partial charge in [-0.15, -0.1) is 0 Å². The van der Waals surface area contributed by atoms with Crippen LogP contribution in [-0.2, 0) is 6.61 Å². The number of ether oxygens (including phenoxy) is 1. The Labute approximate surface area is 149 Å². The molecule has 132 valence electrons. The lowest BCUT2D eigenvalue weighted by molar-refractivity contribution is 0.0937. The monoisotopic (exact) mass is 339 g/mol.